The van der Waals surface area contributed by atoms with Gasteiger partial charge in [-0.1, -0.05) is 27.0 Å². The highest BCUT2D eigenvalue weighted by Crippen LogP contribution is 2.28. The van der Waals surface area contributed by atoms with Crippen LogP contribution in [-0.4, -0.2) is 9.78 Å². The molecule has 0 aliphatic carbocycles. The smallest absolute Gasteiger partial charge is 0.141 e. The van der Waals surface area contributed by atoms with Gasteiger partial charge in [0.15, 0.2) is 0 Å². The molecule has 0 amide bonds. The Labute approximate surface area is 83.7 Å². The third-order valence-electron chi connectivity index (χ3n) is 2.24. The Morgan fingerprint density at radius 2 is 2.07 bits per heavy atom. The minimum absolute atomic E-state index is 0.275. The Morgan fingerprint density at radius 3 is 2.50 bits per heavy atom. The number of allylic oxidation sites excluding steroid dienone is 1. The Morgan fingerprint density at radius 1 is 1.50 bits per heavy atom. The molecule has 0 aliphatic rings. The quantitative estimate of drug-likeness (QED) is 0.723. The Hall–Kier alpha value is -1.38. The minimum atomic E-state index is -0.471. The number of aromatic nitrogens is 2. The van der Waals surface area contributed by atoms with Crippen molar-refractivity contribution in [1.29, 1.82) is 0 Å². The van der Waals surface area contributed by atoms with Gasteiger partial charge in [0.05, 0.1) is 6.20 Å². The zero-order valence-electron chi connectivity index (χ0n) is 8.84. The van der Waals surface area contributed by atoms with E-state index in [4.69, 9.17) is 0 Å². The molecule has 0 radical (unpaired) electrons. The van der Waals surface area contributed by atoms with Gasteiger partial charge < -0.3 is 0 Å². The Bertz CT molecular complexity index is 375. The first kappa shape index (κ1) is 10.7. The number of hydrogen-bond acceptors (Lipinski definition) is 1. The lowest BCUT2D eigenvalue weighted by atomic mass is 9.97. The fraction of sp³-hybridized carbons (Fsp3) is 0.364. The van der Waals surface area contributed by atoms with Gasteiger partial charge >= 0.3 is 0 Å². The van der Waals surface area contributed by atoms with Gasteiger partial charge in [0, 0.05) is 12.6 Å². The molecule has 0 spiro atoms. The second kappa shape index (κ2) is 3.78. The van der Waals surface area contributed by atoms with Crippen LogP contribution in [-0.2, 0) is 7.05 Å². The van der Waals surface area contributed by atoms with Crippen LogP contribution in [0.5, 0.6) is 0 Å². The monoisotopic (exact) mass is 194 g/mol. The van der Waals surface area contributed by atoms with Crippen LogP contribution >= 0.6 is 0 Å². The van der Waals surface area contributed by atoms with Crippen molar-refractivity contribution in [2.24, 2.45) is 13.0 Å². The van der Waals surface area contributed by atoms with Gasteiger partial charge in [0.25, 0.3) is 0 Å². The van der Waals surface area contributed by atoms with E-state index in [1.54, 1.807) is 13.2 Å². The zero-order chi connectivity index (χ0) is 10.9. The molecule has 0 saturated carbocycles. The van der Waals surface area contributed by atoms with Crippen LogP contribution in [0.1, 0.15) is 25.1 Å². The number of nitrogens with zero attached hydrogens (tertiary/aromatic N) is 2. The van der Waals surface area contributed by atoms with Gasteiger partial charge in [-0.05, 0) is 11.5 Å². The van der Waals surface area contributed by atoms with Crippen molar-refractivity contribution in [1.82, 2.24) is 9.78 Å². The fourth-order valence-corrected chi connectivity index (χ4v) is 1.31. The molecule has 0 fully saturated rings. The van der Waals surface area contributed by atoms with Gasteiger partial charge in [-0.2, -0.15) is 5.10 Å². The number of hydrogen-bond donors (Lipinski definition) is 0. The number of rotatable bonds is 3. The predicted octanol–water partition coefficient (Wildman–Crippen LogP) is 3.03. The summed E-state index contributed by atoms with van der Waals surface area (Å²) >= 11 is 0. The normalized spacial score (nSPS) is 10.6. The Balaban J connectivity index is 3.22. The van der Waals surface area contributed by atoms with E-state index in [0.29, 0.717) is 5.69 Å². The molecule has 1 aromatic rings. The maximum atomic E-state index is 13.1. The topological polar surface area (TPSA) is 17.8 Å². The van der Waals surface area contributed by atoms with Gasteiger partial charge in [-0.3, -0.25) is 4.68 Å². The molecule has 1 heterocycles. The lowest BCUT2D eigenvalue weighted by Gasteiger charge is -2.09. The van der Waals surface area contributed by atoms with Crippen LogP contribution < -0.4 is 0 Å². The van der Waals surface area contributed by atoms with E-state index in [1.807, 2.05) is 13.8 Å². The summed E-state index contributed by atoms with van der Waals surface area (Å²) in [4.78, 5) is 0. The average Bonchev–Trinajstić information content (AvgIpc) is 2.45. The molecule has 0 atom stereocenters. The molecular weight excluding hydrogens is 179 g/mol. The summed E-state index contributed by atoms with van der Waals surface area (Å²) in [5, 5.41) is 4.00. The largest absolute Gasteiger partial charge is 0.265 e. The molecule has 76 valence electrons. The van der Waals surface area contributed by atoms with Gasteiger partial charge in [0.1, 0.15) is 11.5 Å². The number of aryl methyl sites for hydroxylation is 1. The summed E-state index contributed by atoms with van der Waals surface area (Å²) in [6.07, 6.45) is 1.63. The van der Waals surface area contributed by atoms with Crippen molar-refractivity contribution >= 4 is 11.4 Å². The van der Waals surface area contributed by atoms with Crippen LogP contribution in [0.25, 0.3) is 11.4 Å². The van der Waals surface area contributed by atoms with Crippen molar-refractivity contribution in [3.05, 3.63) is 30.6 Å². The minimum Gasteiger partial charge on any atom is -0.265 e. The standard InChI is InChI=1S/C11H15FN2/c1-7(2)8(3)10-6-13-14(5)11(10)9(4)12/h6-7H,3-4H2,1-2,5H3. The molecule has 0 N–H and O–H groups in total. The summed E-state index contributed by atoms with van der Waals surface area (Å²) in [6.45, 7) is 11.2. The molecule has 0 bridgehead atoms. The summed E-state index contributed by atoms with van der Waals surface area (Å²) in [5.41, 5.74) is 2.05. The highest BCUT2D eigenvalue weighted by Gasteiger charge is 2.15. The van der Waals surface area contributed by atoms with Crippen LogP contribution in [0.15, 0.2) is 19.4 Å². The van der Waals surface area contributed by atoms with Crippen LogP contribution in [0.2, 0.25) is 0 Å². The second-order valence-electron chi connectivity index (χ2n) is 3.62. The fourth-order valence-electron chi connectivity index (χ4n) is 1.31. The van der Waals surface area contributed by atoms with E-state index < -0.39 is 5.83 Å². The van der Waals surface area contributed by atoms with E-state index in [2.05, 4.69) is 18.3 Å². The van der Waals surface area contributed by atoms with E-state index in [0.717, 1.165) is 11.1 Å². The SMILES string of the molecule is C=C(F)c1c(C(=C)C(C)C)cnn1C. The van der Waals surface area contributed by atoms with Crippen molar-refractivity contribution < 1.29 is 4.39 Å². The lowest BCUT2D eigenvalue weighted by molar-refractivity contribution is 0.697. The van der Waals surface area contributed by atoms with Crippen molar-refractivity contribution in [3.8, 4) is 0 Å². The molecule has 0 saturated heterocycles. The highest BCUT2D eigenvalue weighted by molar-refractivity contribution is 5.74. The average molecular weight is 194 g/mol. The zero-order valence-corrected chi connectivity index (χ0v) is 8.84. The maximum Gasteiger partial charge on any atom is 0.141 e. The molecule has 14 heavy (non-hydrogen) atoms. The third-order valence-corrected chi connectivity index (χ3v) is 2.24. The molecule has 0 unspecified atom stereocenters. The third kappa shape index (κ3) is 1.76. The van der Waals surface area contributed by atoms with Crippen LogP contribution in [0.3, 0.4) is 0 Å². The summed E-state index contributed by atoms with van der Waals surface area (Å²) in [6, 6.07) is 0. The molecule has 0 aliphatic heterocycles. The summed E-state index contributed by atoms with van der Waals surface area (Å²) in [5.74, 6) is -0.195. The Kier molecular flexibility index (Phi) is 2.89. The first-order valence-corrected chi connectivity index (χ1v) is 4.51. The van der Waals surface area contributed by atoms with Crippen molar-refractivity contribution in [3.63, 3.8) is 0 Å². The molecule has 2 nitrogen and oxygen atoms in total. The van der Waals surface area contributed by atoms with E-state index >= 15 is 0 Å². The second-order valence-corrected chi connectivity index (χ2v) is 3.62. The van der Waals surface area contributed by atoms with Crippen molar-refractivity contribution in [2.45, 2.75) is 13.8 Å². The molecular formula is C11H15FN2. The van der Waals surface area contributed by atoms with Crippen LogP contribution in [0.4, 0.5) is 4.39 Å². The molecule has 1 rings (SSSR count). The van der Waals surface area contributed by atoms with Crippen LogP contribution in [0, 0.1) is 5.92 Å². The molecule has 3 heteroatoms. The lowest BCUT2D eigenvalue weighted by Crippen LogP contribution is -1.99. The molecule has 0 aromatic carbocycles. The van der Waals surface area contributed by atoms with E-state index in [1.165, 1.54) is 4.68 Å². The maximum absolute atomic E-state index is 13.1. The molecule has 1 aromatic heterocycles. The number of halogens is 1. The van der Waals surface area contributed by atoms with E-state index in [-0.39, 0.29) is 5.92 Å². The first-order chi connectivity index (χ1) is 6.45. The van der Waals surface area contributed by atoms with Gasteiger partial charge in [-0.25, -0.2) is 4.39 Å². The summed E-state index contributed by atoms with van der Waals surface area (Å²) < 4.78 is 14.6. The predicted molar refractivity (Wildman–Crippen MR) is 57.2 cm³/mol. The van der Waals surface area contributed by atoms with Gasteiger partial charge in [-0.15, -0.1) is 0 Å². The van der Waals surface area contributed by atoms with Crippen molar-refractivity contribution in [2.75, 3.05) is 0 Å². The first-order valence-electron chi connectivity index (χ1n) is 4.51. The van der Waals surface area contributed by atoms with Gasteiger partial charge in [0.2, 0.25) is 0 Å². The van der Waals surface area contributed by atoms with E-state index in [9.17, 15) is 4.39 Å². The summed E-state index contributed by atoms with van der Waals surface area (Å²) in [7, 11) is 1.69. The highest BCUT2D eigenvalue weighted by atomic mass is 19.1.